The zero-order valence-corrected chi connectivity index (χ0v) is 8.66. The van der Waals surface area contributed by atoms with Crippen molar-refractivity contribution >= 4 is 5.95 Å². The lowest BCUT2D eigenvalue weighted by atomic mass is 10.2. The van der Waals surface area contributed by atoms with E-state index in [1.807, 2.05) is 17.7 Å². The number of rotatable bonds is 2. The van der Waals surface area contributed by atoms with E-state index in [-0.39, 0.29) is 5.82 Å². The molecule has 1 heterocycles. The molecule has 0 saturated heterocycles. The third-order valence-corrected chi connectivity index (χ3v) is 2.28. The van der Waals surface area contributed by atoms with Crippen LogP contribution < -0.4 is 5.32 Å². The van der Waals surface area contributed by atoms with Gasteiger partial charge < -0.3 is 5.32 Å². The molecule has 0 aliphatic rings. The molecular formula is C11H12FN3. The van der Waals surface area contributed by atoms with E-state index < -0.39 is 0 Å². The molecule has 0 radical (unpaired) electrons. The van der Waals surface area contributed by atoms with Crippen molar-refractivity contribution in [3.63, 3.8) is 0 Å². The van der Waals surface area contributed by atoms with Crippen LogP contribution in [0.25, 0.3) is 5.69 Å². The van der Waals surface area contributed by atoms with Crippen LogP contribution >= 0.6 is 0 Å². The van der Waals surface area contributed by atoms with Gasteiger partial charge in [0.05, 0.1) is 5.69 Å². The van der Waals surface area contributed by atoms with Gasteiger partial charge in [0, 0.05) is 19.4 Å². The summed E-state index contributed by atoms with van der Waals surface area (Å²) in [6, 6.07) is 4.70. The van der Waals surface area contributed by atoms with Gasteiger partial charge in [-0.3, -0.25) is 4.57 Å². The summed E-state index contributed by atoms with van der Waals surface area (Å²) >= 11 is 0. The second kappa shape index (κ2) is 3.73. The fourth-order valence-electron chi connectivity index (χ4n) is 1.57. The maximum Gasteiger partial charge on any atom is 0.207 e. The van der Waals surface area contributed by atoms with Gasteiger partial charge in [-0.1, -0.05) is 0 Å². The molecule has 15 heavy (non-hydrogen) atoms. The second-order valence-electron chi connectivity index (χ2n) is 3.30. The second-order valence-corrected chi connectivity index (χ2v) is 3.30. The van der Waals surface area contributed by atoms with E-state index in [4.69, 9.17) is 0 Å². The molecule has 1 aromatic carbocycles. The Kier molecular flexibility index (Phi) is 2.41. The summed E-state index contributed by atoms with van der Waals surface area (Å²) in [4.78, 5) is 4.13. The van der Waals surface area contributed by atoms with Gasteiger partial charge in [0.15, 0.2) is 0 Å². The summed E-state index contributed by atoms with van der Waals surface area (Å²) < 4.78 is 14.8. The Morgan fingerprint density at radius 2 is 2.20 bits per heavy atom. The minimum Gasteiger partial charge on any atom is -0.358 e. The number of hydrogen-bond acceptors (Lipinski definition) is 2. The molecule has 0 spiro atoms. The molecule has 0 aliphatic carbocycles. The van der Waals surface area contributed by atoms with E-state index in [0.717, 1.165) is 17.2 Å². The molecule has 0 atom stereocenters. The molecule has 78 valence electrons. The highest BCUT2D eigenvalue weighted by Crippen LogP contribution is 2.18. The lowest BCUT2D eigenvalue weighted by molar-refractivity contribution is 0.626. The van der Waals surface area contributed by atoms with Gasteiger partial charge in [0.1, 0.15) is 5.82 Å². The van der Waals surface area contributed by atoms with Crippen LogP contribution in [0.3, 0.4) is 0 Å². The number of benzene rings is 1. The van der Waals surface area contributed by atoms with Gasteiger partial charge in [0.25, 0.3) is 0 Å². The monoisotopic (exact) mass is 205 g/mol. The van der Waals surface area contributed by atoms with E-state index in [1.165, 1.54) is 12.1 Å². The Morgan fingerprint density at radius 3 is 2.87 bits per heavy atom. The van der Waals surface area contributed by atoms with E-state index in [0.29, 0.717) is 0 Å². The van der Waals surface area contributed by atoms with Crippen LogP contribution in [0.4, 0.5) is 10.3 Å². The van der Waals surface area contributed by atoms with Gasteiger partial charge >= 0.3 is 0 Å². The molecule has 3 nitrogen and oxygen atoms in total. The topological polar surface area (TPSA) is 29.9 Å². The van der Waals surface area contributed by atoms with Crippen molar-refractivity contribution in [1.82, 2.24) is 9.55 Å². The van der Waals surface area contributed by atoms with Crippen LogP contribution in [0.5, 0.6) is 0 Å². The first kappa shape index (κ1) is 9.71. The zero-order valence-electron chi connectivity index (χ0n) is 8.66. The van der Waals surface area contributed by atoms with E-state index in [9.17, 15) is 4.39 Å². The van der Waals surface area contributed by atoms with Crippen molar-refractivity contribution in [2.24, 2.45) is 0 Å². The van der Waals surface area contributed by atoms with Gasteiger partial charge in [-0.15, -0.1) is 0 Å². The lowest BCUT2D eigenvalue weighted by Gasteiger charge is -2.09. The predicted octanol–water partition coefficient (Wildman–Crippen LogP) is 2.36. The van der Waals surface area contributed by atoms with Gasteiger partial charge in [-0.05, 0) is 30.7 Å². The number of nitrogens with one attached hydrogen (secondary N) is 1. The maximum atomic E-state index is 12.9. The summed E-state index contributed by atoms with van der Waals surface area (Å²) in [5.41, 5.74) is 1.81. The third kappa shape index (κ3) is 1.70. The van der Waals surface area contributed by atoms with Gasteiger partial charge in [0.2, 0.25) is 5.95 Å². The van der Waals surface area contributed by atoms with Crippen molar-refractivity contribution in [2.45, 2.75) is 6.92 Å². The van der Waals surface area contributed by atoms with Crippen LogP contribution in [0, 0.1) is 12.7 Å². The lowest BCUT2D eigenvalue weighted by Crippen LogP contribution is -2.02. The smallest absolute Gasteiger partial charge is 0.207 e. The van der Waals surface area contributed by atoms with Crippen LogP contribution in [0.1, 0.15) is 5.56 Å². The van der Waals surface area contributed by atoms with Crippen LogP contribution in [-0.4, -0.2) is 16.6 Å². The standard InChI is InChI=1S/C11H12FN3/c1-8-7-9(12)3-4-10(8)15-6-5-14-11(15)13-2/h3-7H,1-2H3,(H,13,14). The highest BCUT2D eigenvalue weighted by molar-refractivity contribution is 5.46. The first-order chi connectivity index (χ1) is 7.22. The third-order valence-electron chi connectivity index (χ3n) is 2.28. The number of imidazole rings is 1. The molecule has 0 saturated carbocycles. The minimum atomic E-state index is -0.220. The number of aromatic nitrogens is 2. The SMILES string of the molecule is CNc1nccn1-c1ccc(F)cc1C. The molecule has 0 fully saturated rings. The average molecular weight is 205 g/mol. The van der Waals surface area contributed by atoms with E-state index in [1.54, 1.807) is 19.3 Å². The van der Waals surface area contributed by atoms with Crippen LogP contribution in [0.15, 0.2) is 30.6 Å². The number of halogens is 1. The molecular weight excluding hydrogens is 193 g/mol. The van der Waals surface area contributed by atoms with Crippen LogP contribution in [-0.2, 0) is 0 Å². The summed E-state index contributed by atoms with van der Waals surface area (Å²) in [6.07, 6.45) is 3.54. The largest absolute Gasteiger partial charge is 0.358 e. The number of anilines is 1. The summed E-state index contributed by atoms with van der Waals surface area (Å²) in [5, 5.41) is 2.97. The number of hydrogen-bond donors (Lipinski definition) is 1. The highest BCUT2D eigenvalue weighted by atomic mass is 19.1. The molecule has 0 aliphatic heterocycles. The molecule has 1 aromatic heterocycles. The maximum absolute atomic E-state index is 12.9. The summed E-state index contributed by atoms with van der Waals surface area (Å²) in [6.45, 7) is 1.87. The Hall–Kier alpha value is -1.84. The van der Waals surface area contributed by atoms with Gasteiger partial charge in [-0.25, -0.2) is 9.37 Å². The average Bonchev–Trinajstić information content (AvgIpc) is 2.65. The first-order valence-electron chi connectivity index (χ1n) is 4.70. The van der Waals surface area contributed by atoms with Crippen molar-refractivity contribution < 1.29 is 4.39 Å². The molecule has 0 unspecified atom stereocenters. The quantitative estimate of drug-likeness (QED) is 0.815. The predicted molar refractivity (Wildman–Crippen MR) is 57.8 cm³/mol. The van der Waals surface area contributed by atoms with Crippen molar-refractivity contribution in [1.29, 1.82) is 0 Å². The number of nitrogens with zero attached hydrogens (tertiary/aromatic N) is 2. The minimum absolute atomic E-state index is 0.220. The molecule has 1 N–H and O–H groups in total. The Bertz CT molecular complexity index is 476. The van der Waals surface area contributed by atoms with Crippen LogP contribution in [0.2, 0.25) is 0 Å². The fourth-order valence-corrected chi connectivity index (χ4v) is 1.57. The summed E-state index contributed by atoms with van der Waals surface area (Å²) in [7, 11) is 1.80. The van der Waals surface area contributed by atoms with Crippen molar-refractivity contribution in [3.05, 3.63) is 42.0 Å². The first-order valence-corrected chi connectivity index (χ1v) is 4.70. The normalized spacial score (nSPS) is 10.3. The molecule has 0 bridgehead atoms. The van der Waals surface area contributed by atoms with Gasteiger partial charge in [-0.2, -0.15) is 0 Å². The fraction of sp³-hybridized carbons (Fsp3) is 0.182. The Morgan fingerprint density at radius 1 is 1.40 bits per heavy atom. The van der Waals surface area contributed by atoms with Crippen molar-refractivity contribution in [3.8, 4) is 5.69 Å². The van der Waals surface area contributed by atoms with Crippen molar-refractivity contribution in [2.75, 3.05) is 12.4 Å². The molecule has 2 rings (SSSR count). The molecule has 4 heteroatoms. The Balaban J connectivity index is 2.54. The Labute approximate surface area is 87.6 Å². The summed E-state index contributed by atoms with van der Waals surface area (Å²) in [5.74, 6) is 0.520. The highest BCUT2D eigenvalue weighted by Gasteiger charge is 2.06. The van der Waals surface area contributed by atoms with E-state index in [2.05, 4.69) is 10.3 Å². The molecule has 2 aromatic rings. The zero-order chi connectivity index (χ0) is 10.8. The molecule has 0 amide bonds. The number of aryl methyl sites for hydroxylation is 1. The van der Waals surface area contributed by atoms with E-state index >= 15 is 0 Å².